The Kier molecular flexibility index (Phi) is 3.52. The molecule has 18 heavy (non-hydrogen) atoms. The van der Waals surface area contributed by atoms with Crippen molar-refractivity contribution in [2.75, 3.05) is 14.2 Å². The fraction of sp³-hybridized carbons (Fsp3) is 0.154. The Morgan fingerprint density at radius 1 is 1.22 bits per heavy atom. The van der Waals surface area contributed by atoms with Gasteiger partial charge in [-0.2, -0.15) is 0 Å². The molecule has 1 aromatic heterocycles. The van der Waals surface area contributed by atoms with E-state index < -0.39 is 5.97 Å². The zero-order chi connectivity index (χ0) is 13.0. The van der Waals surface area contributed by atoms with Crippen molar-refractivity contribution < 1.29 is 14.3 Å². The van der Waals surface area contributed by atoms with E-state index in [9.17, 15) is 4.79 Å². The van der Waals surface area contributed by atoms with Crippen LogP contribution < -0.4 is 4.74 Å². The third-order valence-electron chi connectivity index (χ3n) is 2.46. The van der Waals surface area contributed by atoms with Gasteiger partial charge in [0, 0.05) is 18.0 Å². The molecule has 92 valence electrons. The lowest BCUT2D eigenvalue weighted by molar-refractivity contribution is 0.0597. The third-order valence-corrected chi connectivity index (χ3v) is 2.46. The highest BCUT2D eigenvalue weighted by Gasteiger charge is 2.14. The van der Waals surface area contributed by atoms with Crippen molar-refractivity contribution in [1.82, 2.24) is 9.97 Å². The van der Waals surface area contributed by atoms with Gasteiger partial charge in [0.2, 0.25) is 0 Å². The van der Waals surface area contributed by atoms with Crippen molar-refractivity contribution in [2.24, 2.45) is 0 Å². The van der Waals surface area contributed by atoms with Gasteiger partial charge in [0.1, 0.15) is 11.3 Å². The van der Waals surface area contributed by atoms with Crippen LogP contribution in [-0.2, 0) is 4.74 Å². The molecule has 0 radical (unpaired) electrons. The highest BCUT2D eigenvalue weighted by atomic mass is 16.5. The molecule has 0 aliphatic rings. The average molecular weight is 244 g/mol. The number of ether oxygens (including phenoxy) is 2. The summed E-state index contributed by atoms with van der Waals surface area (Å²) < 4.78 is 9.84. The molecule has 0 atom stereocenters. The number of carbonyl (C=O) groups is 1. The molecular weight excluding hydrogens is 232 g/mol. The van der Waals surface area contributed by atoms with Crippen LogP contribution in [0.5, 0.6) is 5.75 Å². The van der Waals surface area contributed by atoms with Crippen LogP contribution in [0.4, 0.5) is 0 Å². The molecule has 5 heteroatoms. The van der Waals surface area contributed by atoms with Crippen molar-refractivity contribution in [1.29, 1.82) is 0 Å². The van der Waals surface area contributed by atoms with Crippen molar-refractivity contribution in [3.63, 3.8) is 0 Å². The van der Waals surface area contributed by atoms with Gasteiger partial charge in [-0.1, -0.05) is 0 Å². The topological polar surface area (TPSA) is 61.3 Å². The van der Waals surface area contributed by atoms with Gasteiger partial charge >= 0.3 is 5.97 Å². The number of nitrogens with zero attached hydrogens (tertiary/aromatic N) is 2. The van der Waals surface area contributed by atoms with E-state index in [0.29, 0.717) is 17.0 Å². The van der Waals surface area contributed by atoms with Gasteiger partial charge in [-0.15, -0.1) is 0 Å². The second kappa shape index (κ2) is 5.27. The largest absolute Gasteiger partial charge is 0.496 e. The molecule has 0 amide bonds. The van der Waals surface area contributed by atoms with Gasteiger partial charge in [-0.25, -0.2) is 4.79 Å². The monoisotopic (exact) mass is 244 g/mol. The minimum Gasteiger partial charge on any atom is -0.496 e. The minimum absolute atomic E-state index is 0.364. The lowest BCUT2D eigenvalue weighted by Gasteiger charge is -2.08. The minimum atomic E-state index is -0.447. The number of hydrogen-bond acceptors (Lipinski definition) is 5. The maximum atomic E-state index is 11.6. The second-order valence-corrected chi connectivity index (χ2v) is 3.50. The second-order valence-electron chi connectivity index (χ2n) is 3.50. The Hall–Kier alpha value is -2.43. The first-order valence-corrected chi connectivity index (χ1v) is 5.29. The van der Waals surface area contributed by atoms with Crippen molar-refractivity contribution >= 4 is 5.97 Å². The lowest BCUT2D eigenvalue weighted by atomic mass is 10.1. The summed E-state index contributed by atoms with van der Waals surface area (Å²) >= 11 is 0. The standard InChI is InChI=1S/C13H12N2O3/c1-17-12-4-3-9(7-10(12)13(16)18-2)11-8-14-5-6-15-11/h3-8H,1-2H3. The highest BCUT2D eigenvalue weighted by molar-refractivity contribution is 5.93. The van der Waals surface area contributed by atoms with Crippen molar-refractivity contribution in [3.05, 3.63) is 42.4 Å². The zero-order valence-corrected chi connectivity index (χ0v) is 10.1. The number of esters is 1. The average Bonchev–Trinajstić information content (AvgIpc) is 2.46. The molecule has 0 saturated heterocycles. The maximum Gasteiger partial charge on any atom is 0.341 e. The maximum absolute atomic E-state index is 11.6. The fourth-order valence-corrected chi connectivity index (χ4v) is 1.58. The van der Waals surface area contributed by atoms with Crippen LogP contribution in [-0.4, -0.2) is 30.2 Å². The van der Waals surface area contributed by atoms with Crippen LogP contribution in [0.25, 0.3) is 11.3 Å². The summed E-state index contributed by atoms with van der Waals surface area (Å²) in [5, 5.41) is 0. The van der Waals surface area contributed by atoms with Gasteiger partial charge in [-0.05, 0) is 18.2 Å². The van der Waals surface area contributed by atoms with Crippen LogP contribution in [0.15, 0.2) is 36.8 Å². The van der Waals surface area contributed by atoms with E-state index in [4.69, 9.17) is 9.47 Å². The normalized spacial score (nSPS) is 9.89. The number of rotatable bonds is 3. The predicted molar refractivity (Wildman–Crippen MR) is 65.4 cm³/mol. The highest BCUT2D eigenvalue weighted by Crippen LogP contribution is 2.25. The smallest absolute Gasteiger partial charge is 0.341 e. The molecule has 0 aliphatic heterocycles. The van der Waals surface area contributed by atoms with Crippen molar-refractivity contribution in [2.45, 2.75) is 0 Å². The molecule has 0 N–H and O–H groups in total. The molecule has 0 saturated carbocycles. The number of hydrogen-bond donors (Lipinski definition) is 0. The SMILES string of the molecule is COC(=O)c1cc(-c2cnccn2)ccc1OC. The quantitative estimate of drug-likeness (QED) is 0.772. The Morgan fingerprint density at radius 2 is 2.06 bits per heavy atom. The van der Waals surface area contributed by atoms with Crippen LogP contribution in [0.2, 0.25) is 0 Å². The van der Waals surface area contributed by atoms with Gasteiger partial charge in [-0.3, -0.25) is 9.97 Å². The lowest BCUT2D eigenvalue weighted by Crippen LogP contribution is -2.04. The van der Waals surface area contributed by atoms with Gasteiger partial charge in [0.25, 0.3) is 0 Å². The molecule has 0 aliphatic carbocycles. The van der Waals surface area contributed by atoms with Crippen LogP contribution >= 0.6 is 0 Å². The number of benzene rings is 1. The van der Waals surface area contributed by atoms with Gasteiger partial charge < -0.3 is 9.47 Å². The first-order chi connectivity index (χ1) is 8.76. The summed E-state index contributed by atoms with van der Waals surface area (Å²) in [6.07, 6.45) is 4.81. The van der Waals surface area contributed by atoms with E-state index in [2.05, 4.69) is 9.97 Å². The van der Waals surface area contributed by atoms with Gasteiger partial charge in [0.15, 0.2) is 0 Å². The first kappa shape index (κ1) is 12.0. The van der Waals surface area contributed by atoms with Crippen LogP contribution in [0.1, 0.15) is 10.4 Å². The molecule has 0 bridgehead atoms. The van der Waals surface area contributed by atoms with Crippen LogP contribution in [0.3, 0.4) is 0 Å². The summed E-state index contributed by atoms with van der Waals surface area (Å²) in [6.45, 7) is 0. The molecule has 0 spiro atoms. The van der Waals surface area contributed by atoms with Gasteiger partial charge in [0.05, 0.1) is 26.1 Å². The molecule has 0 fully saturated rings. The van der Waals surface area contributed by atoms with Crippen molar-refractivity contribution in [3.8, 4) is 17.0 Å². The van der Waals surface area contributed by atoms with E-state index in [1.807, 2.05) is 6.07 Å². The first-order valence-electron chi connectivity index (χ1n) is 5.29. The molecule has 2 rings (SSSR count). The molecule has 1 heterocycles. The number of carbonyl (C=O) groups excluding carboxylic acids is 1. The summed E-state index contributed by atoms with van der Waals surface area (Å²) in [6, 6.07) is 5.19. The Morgan fingerprint density at radius 3 is 2.67 bits per heavy atom. The molecular formula is C13H12N2O3. The van der Waals surface area contributed by atoms with Crippen LogP contribution in [0, 0.1) is 0 Å². The summed E-state index contributed by atoms with van der Waals surface area (Å²) in [5.74, 6) is 0.0204. The van der Waals surface area contributed by atoms with E-state index in [0.717, 1.165) is 5.56 Å². The Balaban J connectivity index is 2.49. The van der Waals surface area contributed by atoms with E-state index in [1.165, 1.54) is 14.2 Å². The fourth-order valence-electron chi connectivity index (χ4n) is 1.58. The summed E-state index contributed by atoms with van der Waals surface area (Å²) in [5.41, 5.74) is 1.83. The Bertz CT molecular complexity index is 555. The molecule has 0 unspecified atom stereocenters. The number of aromatic nitrogens is 2. The Labute approximate surface area is 104 Å². The van der Waals surface area contributed by atoms with E-state index >= 15 is 0 Å². The molecule has 5 nitrogen and oxygen atoms in total. The van der Waals surface area contributed by atoms with E-state index in [1.54, 1.807) is 30.7 Å². The predicted octanol–water partition coefficient (Wildman–Crippen LogP) is 1.94. The number of methoxy groups -OCH3 is 2. The van der Waals surface area contributed by atoms with E-state index in [-0.39, 0.29) is 0 Å². The summed E-state index contributed by atoms with van der Waals surface area (Å²) in [4.78, 5) is 19.8. The third kappa shape index (κ3) is 2.29. The summed E-state index contributed by atoms with van der Waals surface area (Å²) in [7, 11) is 2.83. The molecule has 2 aromatic rings. The molecule has 1 aromatic carbocycles. The zero-order valence-electron chi connectivity index (χ0n) is 10.1.